The first-order valence-corrected chi connectivity index (χ1v) is 10.6. The standard InChI is InChI=1S/C23H19F5N6O/c1-13-10-33(12-29-13)18-8-7-17(30-21(18)35-2)19-31-20-15(9-22(24,25)11-34(20)32-19)14-5-3-4-6-16(14)23(26,27)28/h3-8,10,12,15H,9,11H2,1-2H3. The first-order chi connectivity index (χ1) is 16.6. The predicted octanol–water partition coefficient (Wildman–Crippen LogP) is 5.03. The van der Waals surface area contributed by atoms with Crippen LogP contribution in [-0.2, 0) is 12.7 Å². The number of rotatable bonds is 4. The van der Waals surface area contributed by atoms with Crippen LogP contribution >= 0.6 is 0 Å². The van der Waals surface area contributed by atoms with Gasteiger partial charge in [0.15, 0.2) is 5.82 Å². The molecule has 35 heavy (non-hydrogen) atoms. The van der Waals surface area contributed by atoms with Crippen molar-refractivity contribution in [3.8, 4) is 23.1 Å². The third-order valence-corrected chi connectivity index (χ3v) is 5.79. The molecule has 0 bridgehead atoms. The number of imidazole rings is 1. The zero-order valence-corrected chi connectivity index (χ0v) is 18.6. The Morgan fingerprint density at radius 3 is 2.54 bits per heavy atom. The Balaban J connectivity index is 1.59. The molecule has 0 radical (unpaired) electrons. The number of alkyl halides is 5. The largest absolute Gasteiger partial charge is 0.479 e. The first-order valence-electron chi connectivity index (χ1n) is 10.6. The van der Waals surface area contributed by atoms with Gasteiger partial charge in [-0.2, -0.15) is 13.2 Å². The highest BCUT2D eigenvalue weighted by Crippen LogP contribution is 2.44. The van der Waals surface area contributed by atoms with Gasteiger partial charge in [0.2, 0.25) is 5.88 Å². The summed E-state index contributed by atoms with van der Waals surface area (Å²) in [5, 5.41) is 4.17. The molecule has 4 heterocycles. The third kappa shape index (κ3) is 4.24. The fraction of sp³-hybridized carbons (Fsp3) is 0.304. The van der Waals surface area contributed by atoms with E-state index in [0.29, 0.717) is 5.69 Å². The molecular weight excluding hydrogens is 471 g/mol. The molecule has 5 rings (SSSR count). The Morgan fingerprint density at radius 1 is 1.09 bits per heavy atom. The van der Waals surface area contributed by atoms with Crippen LogP contribution in [0.4, 0.5) is 22.0 Å². The van der Waals surface area contributed by atoms with E-state index in [-0.39, 0.29) is 28.8 Å². The zero-order chi connectivity index (χ0) is 25.0. The summed E-state index contributed by atoms with van der Waals surface area (Å²) in [7, 11) is 1.43. The van der Waals surface area contributed by atoms with Gasteiger partial charge in [0.05, 0.1) is 30.6 Å². The van der Waals surface area contributed by atoms with Crippen LogP contribution in [0.2, 0.25) is 0 Å². The SMILES string of the molecule is COc1nc(-c2nc3n(n2)CC(F)(F)CC3c2ccccc2C(F)(F)F)ccc1-n1cnc(C)c1. The minimum atomic E-state index is -4.70. The van der Waals surface area contributed by atoms with E-state index in [4.69, 9.17) is 4.74 Å². The summed E-state index contributed by atoms with van der Waals surface area (Å²) in [5.41, 5.74) is 0.361. The number of ether oxygens (including phenoxy) is 1. The minimum Gasteiger partial charge on any atom is -0.479 e. The molecule has 4 aromatic rings. The van der Waals surface area contributed by atoms with Gasteiger partial charge in [-0.15, -0.1) is 5.10 Å². The minimum absolute atomic E-state index is 0.0128. The van der Waals surface area contributed by atoms with Crippen LogP contribution in [0.25, 0.3) is 17.2 Å². The zero-order valence-electron chi connectivity index (χ0n) is 18.6. The van der Waals surface area contributed by atoms with Crippen LogP contribution in [0.3, 0.4) is 0 Å². The van der Waals surface area contributed by atoms with E-state index in [0.717, 1.165) is 16.4 Å². The first kappa shape index (κ1) is 22.9. The van der Waals surface area contributed by atoms with Crippen molar-refractivity contribution in [3.63, 3.8) is 0 Å². The number of hydrogen-bond donors (Lipinski definition) is 0. The highest BCUT2D eigenvalue weighted by molar-refractivity contribution is 5.56. The van der Waals surface area contributed by atoms with Crippen molar-refractivity contribution in [2.75, 3.05) is 7.11 Å². The summed E-state index contributed by atoms with van der Waals surface area (Å²) in [5.74, 6) is -4.31. The summed E-state index contributed by atoms with van der Waals surface area (Å²) in [6, 6.07) is 7.98. The molecule has 1 aliphatic rings. The van der Waals surface area contributed by atoms with Crippen LogP contribution in [0.15, 0.2) is 48.9 Å². The summed E-state index contributed by atoms with van der Waals surface area (Å²) >= 11 is 0. The predicted molar refractivity (Wildman–Crippen MR) is 115 cm³/mol. The average molecular weight is 490 g/mol. The topological polar surface area (TPSA) is 70.7 Å². The Morgan fingerprint density at radius 2 is 1.86 bits per heavy atom. The second kappa shape index (κ2) is 8.14. The number of aromatic nitrogens is 6. The smallest absolute Gasteiger partial charge is 0.416 e. The Hall–Kier alpha value is -3.83. The molecule has 182 valence electrons. The average Bonchev–Trinajstić information content (AvgIpc) is 3.43. The molecular formula is C23H19F5N6O. The molecule has 0 amide bonds. The molecule has 1 aliphatic heterocycles. The van der Waals surface area contributed by atoms with E-state index in [1.807, 2.05) is 6.92 Å². The van der Waals surface area contributed by atoms with Gasteiger partial charge >= 0.3 is 6.18 Å². The molecule has 1 atom stereocenters. The van der Waals surface area contributed by atoms with E-state index in [1.165, 1.54) is 25.3 Å². The lowest BCUT2D eigenvalue weighted by Crippen LogP contribution is -2.35. The van der Waals surface area contributed by atoms with E-state index >= 15 is 0 Å². The van der Waals surface area contributed by atoms with Crippen LogP contribution in [-0.4, -0.2) is 42.3 Å². The fourth-order valence-corrected chi connectivity index (χ4v) is 4.28. The van der Waals surface area contributed by atoms with Crippen LogP contribution < -0.4 is 4.74 Å². The fourth-order valence-electron chi connectivity index (χ4n) is 4.28. The molecule has 0 saturated carbocycles. The number of methoxy groups -OCH3 is 1. The molecule has 12 heteroatoms. The summed E-state index contributed by atoms with van der Waals surface area (Å²) in [4.78, 5) is 12.9. The van der Waals surface area contributed by atoms with E-state index in [2.05, 4.69) is 20.1 Å². The van der Waals surface area contributed by atoms with Gasteiger partial charge in [-0.05, 0) is 30.7 Å². The van der Waals surface area contributed by atoms with Gasteiger partial charge in [-0.1, -0.05) is 18.2 Å². The van der Waals surface area contributed by atoms with E-state index in [9.17, 15) is 22.0 Å². The van der Waals surface area contributed by atoms with Crippen LogP contribution in [0.5, 0.6) is 5.88 Å². The number of benzene rings is 1. The van der Waals surface area contributed by atoms with Gasteiger partial charge < -0.3 is 9.30 Å². The van der Waals surface area contributed by atoms with Gasteiger partial charge in [0.1, 0.15) is 23.8 Å². The van der Waals surface area contributed by atoms with Crippen molar-refractivity contribution in [1.82, 2.24) is 29.3 Å². The molecule has 0 fully saturated rings. The normalized spacial score (nSPS) is 17.3. The maximum Gasteiger partial charge on any atom is 0.416 e. The van der Waals surface area contributed by atoms with E-state index in [1.54, 1.807) is 29.2 Å². The van der Waals surface area contributed by atoms with Crippen molar-refractivity contribution in [2.24, 2.45) is 0 Å². The van der Waals surface area contributed by atoms with Crippen molar-refractivity contribution >= 4 is 0 Å². The monoisotopic (exact) mass is 490 g/mol. The van der Waals surface area contributed by atoms with Crippen molar-refractivity contribution < 1.29 is 26.7 Å². The molecule has 1 aromatic carbocycles. The number of pyridine rings is 1. The molecule has 3 aromatic heterocycles. The molecule has 0 aliphatic carbocycles. The molecule has 0 spiro atoms. The maximum absolute atomic E-state index is 14.6. The second-order valence-electron chi connectivity index (χ2n) is 8.30. The Kier molecular flexibility index (Phi) is 5.33. The van der Waals surface area contributed by atoms with Gasteiger partial charge in [0, 0.05) is 12.6 Å². The van der Waals surface area contributed by atoms with Crippen LogP contribution in [0, 0.1) is 6.92 Å². The van der Waals surface area contributed by atoms with Crippen LogP contribution in [0.1, 0.15) is 35.0 Å². The number of halogens is 5. The third-order valence-electron chi connectivity index (χ3n) is 5.79. The maximum atomic E-state index is 14.6. The lowest BCUT2D eigenvalue weighted by Gasteiger charge is -2.30. The highest BCUT2D eigenvalue weighted by Gasteiger charge is 2.45. The van der Waals surface area contributed by atoms with E-state index < -0.39 is 36.5 Å². The summed E-state index contributed by atoms with van der Waals surface area (Å²) in [6.45, 7) is 1.04. The van der Waals surface area contributed by atoms with Crippen molar-refractivity contribution in [2.45, 2.75) is 37.9 Å². The lowest BCUT2D eigenvalue weighted by atomic mass is 9.86. The van der Waals surface area contributed by atoms with Gasteiger partial charge in [-0.3, -0.25) is 0 Å². The highest BCUT2D eigenvalue weighted by atomic mass is 19.4. The van der Waals surface area contributed by atoms with Crippen molar-refractivity contribution in [1.29, 1.82) is 0 Å². The second-order valence-corrected chi connectivity index (χ2v) is 8.30. The lowest BCUT2D eigenvalue weighted by molar-refractivity contribution is -0.138. The summed E-state index contributed by atoms with van der Waals surface area (Å²) in [6.07, 6.45) is -2.15. The Labute approximate surface area is 196 Å². The van der Waals surface area contributed by atoms with Gasteiger partial charge in [0.25, 0.3) is 5.92 Å². The molecule has 7 nitrogen and oxygen atoms in total. The molecule has 1 unspecified atom stereocenters. The number of fused-ring (bicyclic) bond motifs is 1. The number of aryl methyl sites for hydroxylation is 1. The molecule has 0 saturated heterocycles. The summed E-state index contributed by atoms with van der Waals surface area (Å²) < 4.78 is 78.2. The quantitative estimate of drug-likeness (QED) is 0.375. The molecule has 0 N–H and O–H groups in total. The number of hydrogen-bond acceptors (Lipinski definition) is 5. The van der Waals surface area contributed by atoms with Crippen molar-refractivity contribution in [3.05, 3.63) is 71.6 Å². The number of nitrogens with zero attached hydrogens (tertiary/aromatic N) is 6. The Bertz CT molecular complexity index is 1390. The van der Waals surface area contributed by atoms with Gasteiger partial charge in [-0.25, -0.2) is 28.4 Å².